The van der Waals surface area contributed by atoms with Crippen LogP contribution in [0, 0.1) is 19.3 Å². The first-order chi connectivity index (χ1) is 7.65. The van der Waals surface area contributed by atoms with Crippen LogP contribution in [0.3, 0.4) is 0 Å². The Morgan fingerprint density at radius 3 is 3.19 bits per heavy atom. The summed E-state index contributed by atoms with van der Waals surface area (Å²) < 4.78 is 1.80. The van der Waals surface area contributed by atoms with Crippen molar-refractivity contribution in [3.05, 3.63) is 23.0 Å². The predicted octanol–water partition coefficient (Wildman–Crippen LogP) is 1.41. The number of thiazole rings is 1. The number of aryl methyl sites for hydroxylation is 1. The predicted molar refractivity (Wildman–Crippen MR) is 63.6 cm³/mol. The van der Waals surface area contributed by atoms with E-state index in [1.54, 1.807) is 11.4 Å². The van der Waals surface area contributed by atoms with Crippen molar-refractivity contribution in [2.45, 2.75) is 6.92 Å². The number of hydrogen-bond acceptors (Lipinski definition) is 3. The average Bonchev–Trinajstić information content (AvgIpc) is 2.76. The fraction of sp³-hybridized carbons (Fsp3) is 0.273. The molecule has 2 heterocycles. The standard InChI is InChI=1S/C11H11N3OS/c1-4-5-13(3)10(15)9-8(2)12-11-14(9)6-7-16-11/h1,6-7H,5H2,2-3H3. The molecular formula is C11H11N3OS. The van der Waals surface area contributed by atoms with Gasteiger partial charge in [0.05, 0.1) is 12.2 Å². The minimum Gasteiger partial charge on any atom is -0.329 e. The van der Waals surface area contributed by atoms with Crippen molar-refractivity contribution in [3.8, 4) is 12.3 Å². The van der Waals surface area contributed by atoms with Gasteiger partial charge >= 0.3 is 0 Å². The molecule has 0 unspecified atom stereocenters. The van der Waals surface area contributed by atoms with Crippen LogP contribution in [0.25, 0.3) is 4.96 Å². The summed E-state index contributed by atoms with van der Waals surface area (Å²) in [4.78, 5) is 18.8. The van der Waals surface area contributed by atoms with Gasteiger partial charge in [-0.3, -0.25) is 9.20 Å². The Hall–Kier alpha value is -1.80. The lowest BCUT2D eigenvalue weighted by atomic mass is 10.3. The number of terminal acetylenes is 1. The molecule has 4 nitrogen and oxygen atoms in total. The van der Waals surface area contributed by atoms with Gasteiger partial charge in [0.25, 0.3) is 5.91 Å². The molecule has 0 atom stereocenters. The van der Waals surface area contributed by atoms with Gasteiger partial charge in [0, 0.05) is 18.6 Å². The van der Waals surface area contributed by atoms with Gasteiger partial charge in [-0.25, -0.2) is 4.98 Å². The largest absolute Gasteiger partial charge is 0.329 e. The molecule has 0 saturated carbocycles. The first-order valence-corrected chi connectivity index (χ1v) is 5.64. The second-order valence-electron chi connectivity index (χ2n) is 3.47. The monoisotopic (exact) mass is 233 g/mol. The fourth-order valence-electron chi connectivity index (χ4n) is 1.54. The van der Waals surface area contributed by atoms with Crippen LogP contribution in [0.4, 0.5) is 0 Å². The summed E-state index contributed by atoms with van der Waals surface area (Å²) in [7, 11) is 1.69. The van der Waals surface area contributed by atoms with E-state index in [-0.39, 0.29) is 5.91 Å². The normalized spacial score (nSPS) is 10.3. The lowest BCUT2D eigenvalue weighted by molar-refractivity contribution is 0.0805. The van der Waals surface area contributed by atoms with Gasteiger partial charge in [0.1, 0.15) is 5.69 Å². The molecule has 2 aromatic rings. The minimum absolute atomic E-state index is 0.0960. The van der Waals surface area contributed by atoms with Crippen molar-refractivity contribution in [2.24, 2.45) is 0 Å². The van der Waals surface area contributed by atoms with Crippen LogP contribution < -0.4 is 0 Å². The van der Waals surface area contributed by atoms with Gasteiger partial charge in [-0.2, -0.15) is 0 Å². The fourth-order valence-corrected chi connectivity index (χ4v) is 2.30. The Kier molecular flexibility index (Phi) is 2.67. The maximum absolute atomic E-state index is 12.1. The van der Waals surface area contributed by atoms with Crippen LogP contribution in [-0.4, -0.2) is 33.8 Å². The molecule has 16 heavy (non-hydrogen) atoms. The Balaban J connectivity index is 2.46. The molecule has 0 saturated heterocycles. The zero-order valence-electron chi connectivity index (χ0n) is 9.10. The van der Waals surface area contributed by atoms with Crippen molar-refractivity contribution >= 4 is 22.2 Å². The van der Waals surface area contributed by atoms with Crippen LogP contribution in [-0.2, 0) is 0 Å². The van der Waals surface area contributed by atoms with E-state index in [1.807, 2.05) is 18.5 Å². The molecule has 82 valence electrons. The summed E-state index contributed by atoms with van der Waals surface area (Å²) in [5.74, 6) is 2.35. The highest BCUT2D eigenvalue weighted by molar-refractivity contribution is 7.15. The van der Waals surface area contributed by atoms with Crippen molar-refractivity contribution in [1.82, 2.24) is 14.3 Å². The molecule has 0 fully saturated rings. The van der Waals surface area contributed by atoms with E-state index in [2.05, 4.69) is 10.9 Å². The number of aromatic nitrogens is 2. The molecule has 5 heteroatoms. The van der Waals surface area contributed by atoms with E-state index >= 15 is 0 Å². The number of rotatable bonds is 2. The van der Waals surface area contributed by atoms with Gasteiger partial charge in [-0.15, -0.1) is 17.8 Å². The smallest absolute Gasteiger partial charge is 0.273 e. The number of hydrogen-bond donors (Lipinski definition) is 0. The van der Waals surface area contributed by atoms with Crippen LogP contribution in [0.2, 0.25) is 0 Å². The summed E-state index contributed by atoms with van der Waals surface area (Å²) in [5.41, 5.74) is 1.33. The maximum atomic E-state index is 12.1. The molecule has 0 bridgehead atoms. The SMILES string of the molecule is C#CCN(C)C(=O)c1c(C)nc2sccn12. The number of carbonyl (C=O) groups is 1. The zero-order chi connectivity index (χ0) is 11.7. The van der Waals surface area contributed by atoms with Crippen LogP contribution >= 0.6 is 11.3 Å². The molecule has 0 radical (unpaired) electrons. The van der Waals surface area contributed by atoms with Crippen LogP contribution in [0.1, 0.15) is 16.2 Å². The molecule has 0 spiro atoms. The first kappa shape index (κ1) is 10.7. The Morgan fingerprint density at radius 1 is 1.75 bits per heavy atom. The lowest BCUT2D eigenvalue weighted by Gasteiger charge is -2.13. The highest BCUT2D eigenvalue weighted by atomic mass is 32.1. The summed E-state index contributed by atoms with van der Waals surface area (Å²) >= 11 is 1.51. The molecule has 0 N–H and O–H groups in total. The third-order valence-corrected chi connectivity index (χ3v) is 3.07. The third kappa shape index (κ3) is 1.57. The van der Waals surface area contributed by atoms with Crippen LogP contribution in [0.15, 0.2) is 11.6 Å². The van der Waals surface area contributed by atoms with E-state index in [4.69, 9.17) is 6.42 Å². The molecule has 0 aliphatic carbocycles. The molecule has 1 amide bonds. The number of amides is 1. The zero-order valence-corrected chi connectivity index (χ0v) is 9.91. The Labute approximate surface area is 97.5 Å². The minimum atomic E-state index is -0.0960. The van der Waals surface area contributed by atoms with Gasteiger partial charge in [0.2, 0.25) is 0 Å². The highest BCUT2D eigenvalue weighted by Crippen LogP contribution is 2.17. The molecule has 2 aromatic heterocycles. The number of imidazole rings is 1. The topological polar surface area (TPSA) is 37.6 Å². The maximum Gasteiger partial charge on any atom is 0.273 e. The van der Waals surface area contributed by atoms with Gasteiger partial charge in [0.15, 0.2) is 4.96 Å². The quantitative estimate of drug-likeness (QED) is 0.735. The first-order valence-electron chi connectivity index (χ1n) is 4.76. The van der Waals surface area contributed by atoms with Crippen molar-refractivity contribution in [1.29, 1.82) is 0 Å². The van der Waals surface area contributed by atoms with Crippen molar-refractivity contribution in [3.63, 3.8) is 0 Å². The average molecular weight is 233 g/mol. The van der Waals surface area contributed by atoms with Gasteiger partial charge in [-0.1, -0.05) is 5.92 Å². The Bertz CT molecular complexity index is 576. The van der Waals surface area contributed by atoms with Crippen molar-refractivity contribution < 1.29 is 4.79 Å². The van der Waals surface area contributed by atoms with Gasteiger partial charge in [-0.05, 0) is 6.92 Å². The summed E-state index contributed by atoms with van der Waals surface area (Å²) in [5, 5.41) is 1.90. The Morgan fingerprint density at radius 2 is 2.50 bits per heavy atom. The molecule has 2 rings (SSSR count). The number of carbonyl (C=O) groups excluding carboxylic acids is 1. The molecule has 0 aromatic carbocycles. The summed E-state index contributed by atoms with van der Waals surface area (Å²) in [6, 6.07) is 0. The third-order valence-electron chi connectivity index (χ3n) is 2.31. The van der Waals surface area contributed by atoms with Crippen molar-refractivity contribution in [2.75, 3.05) is 13.6 Å². The molecule has 0 aliphatic heterocycles. The lowest BCUT2D eigenvalue weighted by Crippen LogP contribution is -2.28. The molecule has 0 aliphatic rings. The summed E-state index contributed by atoms with van der Waals surface area (Å²) in [6.45, 7) is 2.13. The van der Waals surface area contributed by atoms with Gasteiger partial charge < -0.3 is 4.90 Å². The summed E-state index contributed by atoms with van der Waals surface area (Å²) in [6.07, 6.45) is 7.03. The van der Waals surface area contributed by atoms with E-state index in [9.17, 15) is 4.79 Å². The van der Waals surface area contributed by atoms with E-state index in [1.165, 1.54) is 16.2 Å². The second-order valence-corrected chi connectivity index (χ2v) is 4.34. The van der Waals surface area contributed by atoms with E-state index in [0.717, 1.165) is 10.7 Å². The molecular weight excluding hydrogens is 222 g/mol. The highest BCUT2D eigenvalue weighted by Gasteiger charge is 2.19. The van der Waals surface area contributed by atoms with E-state index in [0.29, 0.717) is 12.2 Å². The van der Waals surface area contributed by atoms with E-state index < -0.39 is 0 Å². The second kappa shape index (κ2) is 3.99. The number of fused-ring (bicyclic) bond motifs is 1. The number of nitrogens with zero attached hydrogens (tertiary/aromatic N) is 3. The van der Waals surface area contributed by atoms with Crippen LogP contribution in [0.5, 0.6) is 0 Å².